The Morgan fingerprint density at radius 1 is 1.19 bits per heavy atom. The molecule has 26 heavy (non-hydrogen) atoms. The summed E-state index contributed by atoms with van der Waals surface area (Å²) < 4.78 is 5.50. The second-order valence-corrected chi connectivity index (χ2v) is 7.41. The molecule has 2 atom stereocenters. The van der Waals surface area contributed by atoms with Gasteiger partial charge in [-0.3, -0.25) is 9.59 Å². The van der Waals surface area contributed by atoms with Crippen molar-refractivity contribution in [2.24, 2.45) is 5.73 Å². The number of hydrogen-bond donors (Lipinski definition) is 1. The van der Waals surface area contributed by atoms with Crippen LogP contribution in [0, 0.1) is 6.92 Å². The summed E-state index contributed by atoms with van der Waals surface area (Å²) >= 11 is 1.54. The van der Waals surface area contributed by atoms with Crippen LogP contribution in [0.5, 0.6) is 0 Å². The average molecular weight is 370 g/mol. The van der Waals surface area contributed by atoms with Crippen molar-refractivity contribution in [3.63, 3.8) is 0 Å². The monoisotopic (exact) mass is 370 g/mol. The fourth-order valence-corrected chi connectivity index (χ4v) is 4.35. The van der Waals surface area contributed by atoms with Gasteiger partial charge in [0.1, 0.15) is 0 Å². The molecule has 2 N–H and O–H groups in total. The normalized spacial score (nSPS) is 19.7. The number of thioether (sulfide) groups is 1. The first-order valence-corrected chi connectivity index (χ1v) is 9.40. The van der Waals surface area contributed by atoms with Crippen molar-refractivity contribution in [1.29, 1.82) is 0 Å². The highest BCUT2D eigenvalue weighted by Crippen LogP contribution is 2.46. The molecule has 1 amide bonds. The number of nitrogens with two attached hydrogens (primary N) is 1. The Balaban J connectivity index is 2.11. The van der Waals surface area contributed by atoms with Gasteiger partial charge in [0.2, 0.25) is 0 Å². The van der Waals surface area contributed by atoms with Gasteiger partial charge in [-0.15, -0.1) is 11.8 Å². The van der Waals surface area contributed by atoms with Gasteiger partial charge in [-0.05, 0) is 24.6 Å². The Morgan fingerprint density at radius 2 is 1.88 bits per heavy atom. The van der Waals surface area contributed by atoms with Crippen LogP contribution in [-0.4, -0.2) is 31.1 Å². The third-order valence-electron chi connectivity index (χ3n) is 4.25. The summed E-state index contributed by atoms with van der Waals surface area (Å²) in [6.07, 6.45) is -0.904. The van der Waals surface area contributed by atoms with Gasteiger partial charge in [-0.2, -0.15) is 0 Å². The zero-order chi connectivity index (χ0) is 18.7. The van der Waals surface area contributed by atoms with E-state index in [1.54, 1.807) is 4.90 Å². The van der Waals surface area contributed by atoms with Gasteiger partial charge in [-0.1, -0.05) is 42.0 Å². The van der Waals surface area contributed by atoms with Crippen LogP contribution in [0.4, 0.5) is 5.69 Å². The SMILES string of the molecule is CC(=O)O[C@H]1C(=O)N(CCN)c2ccccc2S[C@H]1c1ccc(C)cc1. The second-order valence-electron chi connectivity index (χ2n) is 6.23. The largest absolute Gasteiger partial charge is 0.451 e. The van der Waals surface area contributed by atoms with Crippen LogP contribution < -0.4 is 10.6 Å². The molecule has 0 bridgehead atoms. The second kappa shape index (κ2) is 7.93. The number of amides is 1. The number of carbonyl (C=O) groups excluding carboxylic acids is 2. The summed E-state index contributed by atoms with van der Waals surface area (Å²) in [5, 5.41) is -0.323. The van der Waals surface area contributed by atoms with Crippen molar-refractivity contribution < 1.29 is 14.3 Å². The number of rotatable bonds is 4. The summed E-state index contributed by atoms with van der Waals surface area (Å²) in [7, 11) is 0. The maximum Gasteiger partial charge on any atom is 0.303 e. The molecule has 0 saturated carbocycles. The van der Waals surface area contributed by atoms with Crippen molar-refractivity contribution >= 4 is 29.3 Å². The lowest BCUT2D eigenvalue weighted by molar-refractivity contribution is -0.152. The fraction of sp³-hybridized carbons (Fsp3) is 0.300. The molecule has 3 rings (SSSR count). The van der Waals surface area contributed by atoms with E-state index in [1.165, 1.54) is 18.7 Å². The van der Waals surface area contributed by atoms with E-state index in [9.17, 15) is 9.59 Å². The number of esters is 1. The molecule has 136 valence electrons. The van der Waals surface area contributed by atoms with E-state index in [4.69, 9.17) is 10.5 Å². The van der Waals surface area contributed by atoms with Crippen LogP contribution in [0.15, 0.2) is 53.4 Å². The Morgan fingerprint density at radius 3 is 2.54 bits per heavy atom. The Bertz CT molecular complexity index is 807. The summed E-state index contributed by atoms with van der Waals surface area (Å²) in [6, 6.07) is 15.7. The quantitative estimate of drug-likeness (QED) is 0.838. The third kappa shape index (κ3) is 3.76. The summed E-state index contributed by atoms with van der Waals surface area (Å²) in [4.78, 5) is 27.6. The van der Waals surface area contributed by atoms with E-state index in [-0.39, 0.29) is 11.2 Å². The van der Waals surface area contributed by atoms with Crippen LogP contribution >= 0.6 is 11.8 Å². The van der Waals surface area contributed by atoms with Crippen molar-refractivity contribution in [3.05, 3.63) is 59.7 Å². The number of aryl methyl sites for hydroxylation is 1. The Labute approximate surface area is 157 Å². The molecule has 0 saturated heterocycles. The molecule has 0 spiro atoms. The molecule has 0 unspecified atom stereocenters. The minimum Gasteiger partial charge on any atom is -0.451 e. The highest BCUT2D eigenvalue weighted by Gasteiger charge is 2.40. The van der Waals surface area contributed by atoms with Gasteiger partial charge in [-0.25, -0.2) is 0 Å². The maximum absolute atomic E-state index is 13.3. The predicted octanol–water partition coefficient (Wildman–Crippen LogP) is 3.07. The molecule has 2 aromatic rings. The zero-order valence-electron chi connectivity index (χ0n) is 14.8. The standard InChI is InChI=1S/C20H22N2O3S/c1-13-7-9-15(10-8-13)19-18(25-14(2)23)20(24)22(12-11-21)16-5-3-4-6-17(16)26-19/h3-10,18-19H,11-12,21H2,1-2H3/t18-,19+/m1/s1. The van der Waals surface area contributed by atoms with Gasteiger partial charge in [0, 0.05) is 24.9 Å². The minimum atomic E-state index is -0.904. The van der Waals surface area contributed by atoms with E-state index in [0.717, 1.165) is 21.7 Å². The molecule has 0 aromatic heterocycles. The molecule has 6 heteroatoms. The van der Waals surface area contributed by atoms with E-state index in [2.05, 4.69) is 0 Å². The zero-order valence-corrected chi connectivity index (χ0v) is 15.7. The number of para-hydroxylation sites is 1. The maximum atomic E-state index is 13.3. The lowest BCUT2D eigenvalue weighted by Gasteiger charge is -2.27. The van der Waals surface area contributed by atoms with E-state index >= 15 is 0 Å². The average Bonchev–Trinajstić information content (AvgIpc) is 2.73. The smallest absolute Gasteiger partial charge is 0.303 e. The molecule has 2 aromatic carbocycles. The number of carbonyl (C=O) groups is 2. The van der Waals surface area contributed by atoms with Crippen molar-refractivity contribution in [2.45, 2.75) is 30.1 Å². The molecule has 1 aliphatic rings. The molecule has 5 nitrogen and oxygen atoms in total. The number of fused-ring (bicyclic) bond motifs is 1. The number of hydrogen-bond acceptors (Lipinski definition) is 5. The van der Waals surface area contributed by atoms with Crippen LogP contribution in [0.25, 0.3) is 0 Å². The predicted molar refractivity (Wildman–Crippen MR) is 103 cm³/mol. The molecule has 1 heterocycles. The van der Waals surface area contributed by atoms with Crippen LogP contribution in [0.3, 0.4) is 0 Å². The molecular weight excluding hydrogens is 348 g/mol. The van der Waals surface area contributed by atoms with Crippen molar-refractivity contribution in [3.8, 4) is 0 Å². The van der Waals surface area contributed by atoms with Gasteiger partial charge >= 0.3 is 5.97 Å². The number of ether oxygens (including phenoxy) is 1. The summed E-state index contributed by atoms with van der Waals surface area (Å²) in [6.45, 7) is 4.04. The van der Waals surface area contributed by atoms with Crippen LogP contribution in [0.2, 0.25) is 0 Å². The van der Waals surface area contributed by atoms with E-state index in [1.807, 2.05) is 55.5 Å². The lowest BCUT2D eigenvalue weighted by Crippen LogP contribution is -2.44. The highest BCUT2D eigenvalue weighted by atomic mass is 32.2. The lowest BCUT2D eigenvalue weighted by atomic mass is 10.0. The number of benzene rings is 2. The van der Waals surface area contributed by atoms with Gasteiger partial charge in [0.05, 0.1) is 10.9 Å². The Hall–Kier alpha value is -2.31. The first-order valence-electron chi connectivity index (χ1n) is 8.52. The first-order chi connectivity index (χ1) is 12.5. The summed E-state index contributed by atoms with van der Waals surface area (Å²) in [5.41, 5.74) is 8.62. The van der Waals surface area contributed by atoms with Gasteiger partial charge in [0.15, 0.2) is 6.10 Å². The Kier molecular flexibility index (Phi) is 5.64. The molecule has 0 radical (unpaired) electrons. The minimum absolute atomic E-state index is 0.242. The summed E-state index contributed by atoms with van der Waals surface area (Å²) in [5.74, 6) is -0.714. The molecule has 0 fully saturated rings. The highest BCUT2D eigenvalue weighted by molar-refractivity contribution is 7.99. The molecule has 0 aliphatic carbocycles. The first kappa shape index (κ1) is 18.5. The fourth-order valence-electron chi connectivity index (χ4n) is 3.03. The third-order valence-corrected chi connectivity index (χ3v) is 5.62. The number of nitrogens with zero attached hydrogens (tertiary/aromatic N) is 1. The topological polar surface area (TPSA) is 72.6 Å². The van der Waals surface area contributed by atoms with E-state index in [0.29, 0.717) is 13.1 Å². The van der Waals surface area contributed by atoms with Crippen LogP contribution in [0.1, 0.15) is 23.3 Å². The molecule has 1 aliphatic heterocycles. The van der Waals surface area contributed by atoms with Crippen molar-refractivity contribution in [1.82, 2.24) is 0 Å². The molecular formula is C20H22N2O3S. The van der Waals surface area contributed by atoms with Gasteiger partial charge in [0.25, 0.3) is 5.91 Å². The van der Waals surface area contributed by atoms with Crippen LogP contribution in [-0.2, 0) is 14.3 Å². The van der Waals surface area contributed by atoms with Gasteiger partial charge < -0.3 is 15.4 Å². The van der Waals surface area contributed by atoms with Crippen molar-refractivity contribution in [2.75, 3.05) is 18.0 Å². The van der Waals surface area contributed by atoms with E-state index < -0.39 is 12.1 Å². The number of anilines is 1.